The molecule has 0 aromatic heterocycles. The summed E-state index contributed by atoms with van der Waals surface area (Å²) in [6.07, 6.45) is 1.27. The smallest absolute Gasteiger partial charge is 0.0902 e. The van der Waals surface area contributed by atoms with Gasteiger partial charge in [-0.05, 0) is 18.9 Å². The Morgan fingerprint density at radius 3 is 2.78 bits per heavy atom. The van der Waals surface area contributed by atoms with Gasteiger partial charge in [0, 0.05) is 31.6 Å². The summed E-state index contributed by atoms with van der Waals surface area (Å²) in [5, 5.41) is 6.83. The van der Waals surface area contributed by atoms with Crippen molar-refractivity contribution in [1.29, 1.82) is 0 Å². The van der Waals surface area contributed by atoms with E-state index in [0.29, 0.717) is 12.0 Å². The van der Waals surface area contributed by atoms with Gasteiger partial charge in [-0.1, -0.05) is 30.3 Å². The lowest BCUT2D eigenvalue weighted by molar-refractivity contribution is -0.0649. The SMILES string of the molecule is CC1(OCCNC2CC2c2ccccc2)CNC1. The summed E-state index contributed by atoms with van der Waals surface area (Å²) in [5.41, 5.74) is 1.55. The van der Waals surface area contributed by atoms with Crippen molar-refractivity contribution >= 4 is 0 Å². The van der Waals surface area contributed by atoms with Crippen LogP contribution in [0.15, 0.2) is 30.3 Å². The monoisotopic (exact) mass is 246 g/mol. The van der Waals surface area contributed by atoms with Crippen LogP contribution in [-0.2, 0) is 4.74 Å². The lowest BCUT2D eigenvalue weighted by Gasteiger charge is -2.39. The Labute approximate surface area is 109 Å². The van der Waals surface area contributed by atoms with Crippen molar-refractivity contribution in [3.63, 3.8) is 0 Å². The maximum atomic E-state index is 5.86. The molecule has 1 aliphatic heterocycles. The average molecular weight is 246 g/mol. The third-order valence-corrected chi connectivity index (χ3v) is 3.98. The summed E-state index contributed by atoms with van der Waals surface area (Å²) in [4.78, 5) is 0. The van der Waals surface area contributed by atoms with E-state index in [4.69, 9.17) is 4.74 Å². The van der Waals surface area contributed by atoms with Gasteiger partial charge in [0.25, 0.3) is 0 Å². The van der Waals surface area contributed by atoms with E-state index >= 15 is 0 Å². The highest BCUT2D eigenvalue weighted by Crippen LogP contribution is 2.40. The van der Waals surface area contributed by atoms with Gasteiger partial charge in [-0.3, -0.25) is 0 Å². The van der Waals surface area contributed by atoms with E-state index in [1.807, 2.05) is 0 Å². The first-order valence-electron chi connectivity index (χ1n) is 6.90. The van der Waals surface area contributed by atoms with Gasteiger partial charge in [0.2, 0.25) is 0 Å². The van der Waals surface area contributed by atoms with E-state index in [-0.39, 0.29) is 5.60 Å². The number of nitrogens with one attached hydrogen (secondary N) is 2. The van der Waals surface area contributed by atoms with Crippen LogP contribution in [0.25, 0.3) is 0 Å². The molecule has 3 rings (SSSR count). The zero-order valence-corrected chi connectivity index (χ0v) is 11.0. The molecule has 1 aromatic rings. The molecule has 0 bridgehead atoms. The highest BCUT2D eigenvalue weighted by molar-refractivity contribution is 5.27. The molecule has 3 nitrogen and oxygen atoms in total. The Morgan fingerprint density at radius 2 is 2.11 bits per heavy atom. The molecule has 0 amide bonds. The van der Waals surface area contributed by atoms with Crippen LogP contribution in [0, 0.1) is 0 Å². The molecule has 98 valence electrons. The standard InChI is InChI=1S/C15H22N2O/c1-15(10-16-11-15)18-8-7-17-14-9-13(14)12-5-3-2-4-6-12/h2-6,13-14,16-17H,7-11H2,1H3. The minimum atomic E-state index is 0.0874. The predicted molar refractivity (Wildman–Crippen MR) is 72.8 cm³/mol. The van der Waals surface area contributed by atoms with E-state index < -0.39 is 0 Å². The average Bonchev–Trinajstić information content (AvgIpc) is 3.13. The van der Waals surface area contributed by atoms with Gasteiger partial charge in [0.15, 0.2) is 0 Å². The minimum absolute atomic E-state index is 0.0874. The molecular formula is C15H22N2O. The second-order valence-electron chi connectivity index (χ2n) is 5.72. The van der Waals surface area contributed by atoms with Crippen molar-refractivity contribution in [2.75, 3.05) is 26.2 Å². The van der Waals surface area contributed by atoms with E-state index in [9.17, 15) is 0 Å². The highest BCUT2D eigenvalue weighted by atomic mass is 16.5. The third-order valence-electron chi connectivity index (χ3n) is 3.98. The molecule has 0 radical (unpaired) electrons. The van der Waals surface area contributed by atoms with E-state index in [0.717, 1.165) is 26.2 Å². The van der Waals surface area contributed by atoms with Crippen molar-refractivity contribution in [2.45, 2.75) is 30.9 Å². The second-order valence-corrected chi connectivity index (χ2v) is 5.72. The Morgan fingerprint density at radius 1 is 1.33 bits per heavy atom. The van der Waals surface area contributed by atoms with Crippen LogP contribution < -0.4 is 10.6 Å². The minimum Gasteiger partial charge on any atom is -0.371 e. The fourth-order valence-corrected chi connectivity index (χ4v) is 2.61. The maximum absolute atomic E-state index is 5.86. The van der Waals surface area contributed by atoms with Crippen LogP contribution >= 0.6 is 0 Å². The molecule has 1 heterocycles. The maximum Gasteiger partial charge on any atom is 0.0902 e. The molecular weight excluding hydrogens is 224 g/mol. The van der Waals surface area contributed by atoms with Crippen LogP contribution in [0.5, 0.6) is 0 Å². The summed E-state index contributed by atoms with van der Waals surface area (Å²) < 4.78 is 5.86. The molecule has 1 saturated carbocycles. The van der Waals surface area contributed by atoms with Gasteiger partial charge >= 0.3 is 0 Å². The molecule has 1 saturated heterocycles. The van der Waals surface area contributed by atoms with Crippen molar-refractivity contribution in [3.8, 4) is 0 Å². The number of ether oxygens (including phenoxy) is 1. The number of hydrogen-bond acceptors (Lipinski definition) is 3. The summed E-state index contributed by atoms with van der Waals surface area (Å²) in [5.74, 6) is 0.715. The van der Waals surface area contributed by atoms with Crippen LogP contribution in [0.3, 0.4) is 0 Å². The van der Waals surface area contributed by atoms with Crippen molar-refractivity contribution in [3.05, 3.63) is 35.9 Å². The zero-order chi connectivity index (χ0) is 12.4. The van der Waals surface area contributed by atoms with Crippen molar-refractivity contribution in [1.82, 2.24) is 10.6 Å². The van der Waals surface area contributed by atoms with E-state index in [2.05, 4.69) is 47.9 Å². The molecule has 3 heteroatoms. The third kappa shape index (κ3) is 2.74. The van der Waals surface area contributed by atoms with E-state index in [1.165, 1.54) is 12.0 Å². The van der Waals surface area contributed by atoms with E-state index in [1.54, 1.807) is 0 Å². The molecule has 2 fully saturated rings. The Hall–Kier alpha value is -0.900. The van der Waals surface area contributed by atoms with Crippen molar-refractivity contribution < 1.29 is 4.74 Å². The number of rotatable bonds is 6. The van der Waals surface area contributed by atoms with Crippen LogP contribution in [-0.4, -0.2) is 37.9 Å². The predicted octanol–water partition coefficient (Wildman–Crippen LogP) is 1.51. The molecule has 0 spiro atoms. The van der Waals surface area contributed by atoms with Crippen LogP contribution in [0.2, 0.25) is 0 Å². The molecule has 1 aliphatic carbocycles. The fourth-order valence-electron chi connectivity index (χ4n) is 2.61. The fraction of sp³-hybridized carbons (Fsp3) is 0.600. The Balaban J connectivity index is 1.34. The van der Waals surface area contributed by atoms with Crippen LogP contribution in [0.4, 0.5) is 0 Å². The topological polar surface area (TPSA) is 33.3 Å². The molecule has 2 unspecified atom stereocenters. The first-order chi connectivity index (χ1) is 8.77. The van der Waals surface area contributed by atoms with Gasteiger partial charge in [-0.2, -0.15) is 0 Å². The summed E-state index contributed by atoms with van der Waals surface area (Å²) >= 11 is 0. The van der Waals surface area contributed by atoms with Gasteiger partial charge in [0.1, 0.15) is 0 Å². The second kappa shape index (κ2) is 5.00. The molecule has 2 aliphatic rings. The summed E-state index contributed by atoms with van der Waals surface area (Å²) in [6, 6.07) is 11.4. The summed E-state index contributed by atoms with van der Waals surface area (Å²) in [7, 11) is 0. The Bertz CT molecular complexity index is 389. The number of benzene rings is 1. The van der Waals surface area contributed by atoms with Gasteiger partial charge in [-0.25, -0.2) is 0 Å². The van der Waals surface area contributed by atoms with Gasteiger partial charge in [0.05, 0.1) is 12.2 Å². The lowest BCUT2D eigenvalue weighted by Crippen LogP contribution is -2.59. The largest absolute Gasteiger partial charge is 0.371 e. The van der Waals surface area contributed by atoms with Crippen LogP contribution in [0.1, 0.15) is 24.8 Å². The van der Waals surface area contributed by atoms with Gasteiger partial charge < -0.3 is 15.4 Å². The molecule has 2 N–H and O–H groups in total. The normalized spacial score (nSPS) is 28.7. The molecule has 2 atom stereocenters. The summed E-state index contributed by atoms with van der Waals surface area (Å²) in [6.45, 7) is 5.93. The number of hydrogen-bond donors (Lipinski definition) is 2. The first-order valence-corrected chi connectivity index (χ1v) is 6.90. The Kier molecular flexibility index (Phi) is 3.37. The molecule has 18 heavy (non-hydrogen) atoms. The first kappa shape index (κ1) is 12.2. The zero-order valence-electron chi connectivity index (χ0n) is 11.0. The quantitative estimate of drug-likeness (QED) is 0.747. The van der Waals surface area contributed by atoms with Crippen molar-refractivity contribution in [2.24, 2.45) is 0 Å². The molecule has 1 aromatic carbocycles. The lowest BCUT2D eigenvalue weighted by atomic mass is 10.0. The van der Waals surface area contributed by atoms with Gasteiger partial charge in [-0.15, -0.1) is 0 Å². The highest BCUT2D eigenvalue weighted by Gasteiger charge is 2.38.